The summed E-state index contributed by atoms with van der Waals surface area (Å²) in [4.78, 5) is 0. The van der Waals surface area contributed by atoms with Gasteiger partial charge < -0.3 is 10.1 Å². The van der Waals surface area contributed by atoms with Crippen molar-refractivity contribution < 1.29 is 9.13 Å². The van der Waals surface area contributed by atoms with Gasteiger partial charge in [0.25, 0.3) is 0 Å². The van der Waals surface area contributed by atoms with Crippen molar-refractivity contribution in [3.05, 3.63) is 64.0 Å². The van der Waals surface area contributed by atoms with Crippen molar-refractivity contribution in [2.24, 2.45) is 0 Å². The zero-order valence-electron chi connectivity index (χ0n) is 13.3. The highest BCUT2D eigenvalue weighted by Crippen LogP contribution is 2.35. The number of halogens is 1. The summed E-state index contributed by atoms with van der Waals surface area (Å²) in [6.45, 7) is 6.05. The molecule has 2 rings (SSSR count). The van der Waals surface area contributed by atoms with Gasteiger partial charge in [-0.25, -0.2) is 4.39 Å². The van der Waals surface area contributed by atoms with Gasteiger partial charge in [-0.2, -0.15) is 0 Å². The quantitative estimate of drug-likeness (QED) is 0.915. The molecule has 2 aromatic rings. The molecule has 0 aliphatic heterocycles. The summed E-state index contributed by atoms with van der Waals surface area (Å²) >= 11 is 0. The van der Waals surface area contributed by atoms with Gasteiger partial charge in [-0.1, -0.05) is 18.2 Å². The van der Waals surface area contributed by atoms with Gasteiger partial charge in [0.2, 0.25) is 0 Å². The van der Waals surface area contributed by atoms with Crippen molar-refractivity contribution in [2.45, 2.75) is 26.8 Å². The normalized spacial score (nSPS) is 12.3. The topological polar surface area (TPSA) is 21.3 Å². The summed E-state index contributed by atoms with van der Waals surface area (Å²) in [5, 5.41) is 3.31. The smallest absolute Gasteiger partial charge is 0.127 e. The predicted octanol–water partition coefficient (Wildman–Crippen LogP) is 4.07. The van der Waals surface area contributed by atoms with Crippen LogP contribution in [0.25, 0.3) is 0 Å². The number of benzene rings is 2. The van der Waals surface area contributed by atoms with Crippen LogP contribution in [0.3, 0.4) is 0 Å². The second kappa shape index (κ2) is 6.27. The minimum absolute atomic E-state index is 0.0279. The Morgan fingerprint density at radius 1 is 1.00 bits per heavy atom. The maximum Gasteiger partial charge on any atom is 0.127 e. The Morgan fingerprint density at radius 3 is 2.24 bits per heavy atom. The lowest BCUT2D eigenvalue weighted by molar-refractivity contribution is 0.402. The van der Waals surface area contributed by atoms with Crippen LogP contribution in [0.2, 0.25) is 0 Å². The van der Waals surface area contributed by atoms with Crippen molar-refractivity contribution >= 4 is 0 Å². The average molecular weight is 287 g/mol. The predicted molar refractivity (Wildman–Crippen MR) is 84.5 cm³/mol. The maximum atomic E-state index is 13.3. The molecule has 2 nitrogen and oxygen atoms in total. The Kier molecular flexibility index (Phi) is 4.63. The second-order valence-corrected chi connectivity index (χ2v) is 5.35. The number of rotatable bonds is 4. The minimum atomic E-state index is -0.210. The molecule has 1 atom stereocenters. The van der Waals surface area contributed by atoms with Gasteiger partial charge in [-0.3, -0.25) is 0 Å². The maximum absolute atomic E-state index is 13.3. The van der Waals surface area contributed by atoms with E-state index in [1.807, 2.05) is 20.0 Å². The summed E-state index contributed by atoms with van der Waals surface area (Å²) < 4.78 is 18.9. The van der Waals surface area contributed by atoms with Crippen LogP contribution in [0.4, 0.5) is 4.39 Å². The van der Waals surface area contributed by atoms with Crippen LogP contribution < -0.4 is 10.1 Å². The highest BCUT2D eigenvalue weighted by atomic mass is 19.1. The third-order valence-electron chi connectivity index (χ3n) is 4.05. The monoisotopic (exact) mass is 287 g/mol. The molecule has 2 aromatic carbocycles. The fraction of sp³-hybridized carbons (Fsp3) is 0.333. The van der Waals surface area contributed by atoms with E-state index in [1.54, 1.807) is 13.2 Å². The second-order valence-electron chi connectivity index (χ2n) is 5.35. The van der Waals surface area contributed by atoms with Crippen LogP contribution in [-0.2, 0) is 0 Å². The van der Waals surface area contributed by atoms with E-state index >= 15 is 0 Å². The summed E-state index contributed by atoms with van der Waals surface area (Å²) in [7, 11) is 3.59. The number of hydrogen-bond donors (Lipinski definition) is 1. The molecule has 0 aliphatic carbocycles. The van der Waals surface area contributed by atoms with Crippen molar-refractivity contribution in [3.63, 3.8) is 0 Å². The van der Waals surface area contributed by atoms with Crippen LogP contribution in [0, 0.1) is 26.6 Å². The Balaban J connectivity index is 2.59. The van der Waals surface area contributed by atoms with Crippen molar-refractivity contribution in [1.82, 2.24) is 5.32 Å². The van der Waals surface area contributed by atoms with E-state index in [9.17, 15) is 4.39 Å². The largest absolute Gasteiger partial charge is 0.496 e. The molecule has 112 valence electrons. The van der Waals surface area contributed by atoms with Crippen molar-refractivity contribution in [3.8, 4) is 5.75 Å². The average Bonchev–Trinajstić information content (AvgIpc) is 2.45. The summed E-state index contributed by atoms with van der Waals surface area (Å²) in [6.07, 6.45) is 0. The molecule has 3 heteroatoms. The lowest BCUT2D eigenvalue weighted by Gasteiger charge is -2.23. The molecule has 0 aromatic heterocycles. The number of methoxy groups -OCH3 is 1. The van der Waals surface area contributed by atoms with Crippen LogP contribution in [0.15, 0.2) is 30.3 Å². The number of hydrogen-bond acceptors (Lipinski definition) is 2. The van der Waals surface area contributed by atoms with E-state index in [0.717, 1.165) is 28.0 Å². The van der Waals surface area contributed by atoms with Crippen LogP contribution in [0.1, 0.15) is 33.9 Å². The van der Waals surface area contributed by atoms with E-state index < -0.39 is 0 Å². The molecule has 0 saturated heterocycles. The first-order valence-electron chi connectivity index (χ1n) is 7.07. The molecule has 0 amide bonds. The molecular formula is C18H22FNO. The standard InChI is InChI=1S/C18H22FNO/c1-11-6-8-16(18(21-5)13(11)3)17(20-4)15-9-7-14(19)10-12(15)2/h6-10,17,20H,1-5H3. The van der Waals surface area contributed by atoms with Crippen LogP contribution in [-0.4, -0.2) is 14.2 Å². The molecule has 0 radical (unpaired) electrons. The first-order chi connectivity index (χ1) is 9.99. The summed E-state index contributed by atoms with van der Waals surface area (Å²) in [5.74, 6) is 0.677. The lowest BCUT2D eigenvalue weighted by Crippen LogP contribution is -2.20. The van der Waals surface area contributed by atoms with Crippen LogP contribution in [0.5, 0.6) is 5.75 Å². The Morgan fingerprint density at radius 2 is 1.67 bits per heavy atom. The molecule has 0 fully saturated rings. The number of aryl methyl sites for hydroxylation is 2. The fourth-order valence-corrected chi connectivity index (χ4v) is 2.75. The van der Waals surface area contributed by atoms with Crippen molar-refractivity contribution in [1.29, 1.82) is 0 Å². The molecule has 0 bridgehead atoms. The van der Waals surface area contributed by atoms with E-state index in [2.05, 4.69) is 31.3 Å². The number of ether oxygens (including phenoxy) is 1. The van der Waals surface area contributed by atoms with E-state index in [1.165, 1.54) is 11.6 Å². The van der Waals surface area contributed by atoms with Gasteiger partial charge in [0.1, 0.15) is 11.6 Å². The van der Waals surface area contributed by atoms with Gasteiger partial charge in [0.05, 0.1) is 13.2 Å². The Labute approximate surface area is 126 Å². The van der Waals surface area contributed by atoms with Gasteiger partial charge in [0, 0.05) is 5.56 Å². The minimum Gasteiger partial charge on any atom is -0.496 e. The molecule has 21 heavy (non-hydrogen) atoms. The SMILES string of the molecule is CNC(c1ccc(F)cc1C)c1ccc(C)c(C)c1OC. The highest BCUT2D eigenvalue weighted by molar-refractivity contribution is 5.50. The van der Waals surface area contributed by atoms with E-state index in [-0.39, 0.29) is 11.9 Å². The van der Waals surface area contributed by atoms with Gasteiger partial charge in [-0.15, -0.1) is 0 Å². The molecule has 1 N–H and O–H groups in total. The molecule has 0 saturated carbocycles. The number of nitrogens with one attached hydrogen (secondary N) is 1. The van der Waals surface area contributed by atoms with Gasteiger partial charge >= 0.3 is 0 Å². The zero-order chi connectivity index (χ0) is 15.6. The Bertz CT molecular complexity index is 652. The Hall–Kier alpha value is -1.87. The third-order valence-corrected chi connectivity index (χ3v) is 4.05. The molecule has 0 aliphatic rings. The zero-order valence-corrected chi connectivity index (χ0v) is 13.3. The first-order valence-corrected chi connectivity index (χ1v) is 7.07. The summed E-state index contributed by atoms with van der Waals surface area (Å²) in [6, 6.07) is 9.04. The molecule has 1 unspecified atom stereocenters. The highest BCUT2D eigenvalue weighted by Gasteiger charge is 2.20. The van der Waals surface area contributed by atoms with Crippen LogP contribution >= 0.6 is 0 Å². The molecule has 0 spiro atoms. The fourth-order valence-electron chi connectivity index (χ4n) is 2.75. The lowest BCUT2D eigenvalue weighted by atomic mass is 9.92. The van der Waals surface area contributed by atoms with Crippen molar-refractivity contribution in [2.75, 3.05) is 14.2 Å². The van der Waals surface area contributed by atoms with Gasteiger partial charge in [-0.05, 0) is 62.2 Å². The molecular weight excluding hydrogens is 265 g/mol. The van der Waals surface area contributed by atoms with E-state index in [4.69, 9.17) is 4.74 Å². The molecule has 0 heterocycles. The van der Waals surface area contributed by atoms with E-state index in [0.29, 0.717) is 0 Å². The van der Waals surface area contributed by atoms with Gasteiger partial charge in [0.15, 0.2) is 0 Å². The first kappa shape index (κ1) is 15.5. The third kappa shape index (κ3) is 2.93. The summed E-state index contributed by atoms with van der Waals surface area (Å²) in [5.41, 5.74) is 5.38.